The maximum Gasteiger partial charge on any atom is 0.220 e. The summed E-state index contributed by atoms with van der Waals surface area (Å²) in [5, 5.41) is 2.91. The van der Waals surface area contributed by atoms with Crippen molar-refractivity contribution in [3.05, 3.63) is 23.8 Å². The average molecular weight is 250 g/mol. The molecule has 1 fully saturated rings. The van der Waals surface area contributed by atoms with Gasteiger partial charge in [0.2, 0.25) is 5.91 Å². The Kier molecular flexibility index (Phi) is 3.72. The number of piperidine rings is 1. The van der Waals surface area contributed by atoms with E-state index in [4.69, 9.17) is 15.2 Å². The third-order valence-electron chi connectivity index (χ3n) is 3.22. The molecule has 0 aliphatic carbocycles. The van der Waals surface area contributed by atoms with Crippen molar-refractivity contribution < 1.29 is 14.3 Å². The SMILES string of the molecule is COc1ccc(OC)c(C2NC(=O)CCC2N)c1. The van der Waals surface area contributed by atoms with Crippen LogP contribution in [-0.2, 0) is 4.79 Å². The molecule has 1 aliphatic heterocycles. The largest absolute Gasteiger partial charge is 0.497 e. The molecule has 0 aromatic heterocycles. The van der Waals surface area contributed by atoms with Gasteiger partial charge >= 0.3 is 0 Å². The summed E-state index contributed by atoms with van der Waals surface area (Å²) in [6.07, 6.45) is 1.15. The van der Waals surface area contributed by atoms with E-state index in [9.17, 15) is 4.79 Å². The number of ether oxygens (including phenoxy) is 2. The monoisotopic (exact) mass is 250 g/mol. The predicted molar refractivity (Wildman–Crippen MR) is 67.6 cm³/mol. The Morgan fingerprint density at radius 2 is 2.11 bits per heavy atom. The zero-order valence-electron chi connectivity index (χ0n) is 10.6. The summed E-state index contributed by atoms with van der Waals surface area (Å²) in [5.74, 6) is 1.45. The quantitative estimate of drug-likeness (QED) is 0.838. The molecule has 2 rings (SSSR count). The van der Waals surface area contributed by atoms with Gasteiger partial charge in [-0.25, -0.2) is 0 Å². The van der Waals surface area contributed by atoms with Crippen LogP contribution in [0.25, 0.3) is 0 Å². The molecule has 5 heteroatoms. The third-order valence-corrected chi connectivity index (χ3v) is 3.22. The molecule has 1 aromatic carbocycles. The molecule has 3 N–H and O–H groups in total. The summed E-state index contributed by atoms with van der Waals surface area (Å²) in [4.78, 5) is 11.5. The van der Waals surface area contributed by atoms with Gasteiger partial charge in [0.25, 0.3) is 0 Å². The summed E-state index contributed by atoms with van der Waals surface area (Å²) in [5.41, 5.74) is 6.94. The fourth-order valence-electron chi connectivity index (χ4n) is 2.21. The molecule has 2 unspecified atom stereocenters. The van der Waals surface area contributed by atoms with Gasteiger partial charge in [0.15, 0.2) is 0 Å². The van der Waals surface area contributed by atoms with Crippen LogP contribution in [0.15, 0.2) is 18.2 Å². The second-order valence-electron chi connectivity index (χ2n) is 4.36. The zero-order valence-corrected chi connectivity index (χ0v) is 10.6. The van der Waals surface area contributed by atoms with Gasteiger partial charge in [0.05, 0.1) is 20.3 Å². The molecular weight excluding hydrogens is 232 g/mol. The van der Waals surface area contributed by atoms with Crippen molar-refractivity contribution in [2.75, 3.05) is 14.2 Å². The maximum absolute atomic E-state index is 11.5. The van der Waals surface area contributed by atoms with Gasteiger partial charge in [-0.3, -0.25) is 4.79 Å². The molecule has 1 aliphatic rings. The van der Waals surface area contributed by atoms with E-state index in [1.54, 1.807) is 14.2 Å². The number of methoxy groups -OCH3 is 2. The first kappa shape index (κ1) is 12.7. The number of benzene rings is 1. The number of rotatable bonds is 3. The summed E-state index contributed by atoms with van der Waals surface area (Å²) in [6, 6.07) is 5.16. The van der Waals surface area contributed by atoms with Crippen LogP contribution in [0.2, 0.25) is 0 Å². The lowest BCUT2D eigenvalue weighted by molar-refractivity contribution is -0.123. The molecule has 1 amide bonds. The highest BCUT2D eigenvalue weighted by Gasteiger charge is 2.29. The van der Waals surface area contributed by atoms with Crippen LogP contribution >= 0.6 is 0 Å². The average Bonchev–Trinajstić information content (AvgIpc) is 2.40. The van der Waals surface area contributed by atoms with Crippen molar-refractivity contribution in [1.29, 1.82) is 0 Å². The Hall–Kier alpha value is -1.75. The lowest BCUT2D eigenvalue weighted by Gasteiger charge is -2.31. The van der Waals surface area contributed by atoms with Gasteiger partial charge in [-0.2, -0.15) is 0 Å². The number of nitrogens with two attached hydrogens (primary N) is 1. The Morgan fingerprint density at radius 1 is 1.33 bits per heavy atom. The first-order valence-corrected chi connectivity index (χ1v) is 5.92. The minimum atomic E-state index is -0.226. The van der Waals surface area contributed by atoms with Crippen molar-refractivity contribution in [1.82, 2.24) is 5.32 Å². The standard InChI is InChI=1S/C13H18N2O3/c1-17-8-3-5-11(18-2)9(7-8)13-10(14)4-6-12(16)15-13/h3,5,7,10,13H,4,6,14H2,1-2H3,(H,15,16). The highest BCUT2D eigenvalue weighted by Crippen LogP contribution is 2.33. The maximum atomic E-state index is 11.5. The van der Waals surface area contributed by atoms with Crippen LogP contribution in [0.5, 0.6) is 11.5 Å². The van der Waals surface area contributed by atoms with Crippen molar-refractivity contribution >= 4 is 5.91 Å². The summed E-state index contributed by atoms with van der Waals surface area (Å²) in [6.45, 7) is 0. The number of hydrogen-bond acceptors (Lipinski definition) is 4. The third kappa shape index (κ3) is 2.41. The van der Waals surface area contributed by atoms with Crippen molar-refractivity contribution in [3.8, 4) is 11.5 Å². The first-order chi connectivity index (χ1) is 8.65. The highest BCUT2D eigenvalue weighted by molar-refractivity contribution is 5.77. The van der Waals surface area contributed by atoms with Gasteiger partial charge in [-0.05, 0) is 24.6 Å². The van der Waals surface area contributed by atoms with E-state index in [2.05, 4.69) is 5.32 Å². The van der Waals surface area contributed by atoms with Crippen LogP contribution < -0.4 is 20.5 Å². The molecule has 98 valence electrons. The van der Waals surface area contributed by atoms with Gasteiger partial charge in [-0.15, -0.1) is 0 Å². The highest BCUT2D eigenvalue weighted by atomic mass is 16.5. The van der Waals surface area contributed by atoms with E-state index in [0.717, 1.165) is 11.3 Å². The molecule has 5 nitrogen and oxygen atoms in total. The lowest BCUT2D eigenvalue weighted by Crippen LogP contribution is -2.45. The Balaban J connectivity index is 2.37. The molecule has 0 radical (unpaired) electrons. The fraction of sp³-hybridized carbons (Fsp3) is 0.462. The molecule has 0 bridgehead atoms. The Morgan fingerprint density at radius 3 is 2.78 bits per heavy atom. The molecule has 0 spiro atoms. The summed E-state index contributed by atoms with van der Waals surface area (Å²) >= 11 is 0. The fourth-order valence-corrected chi connectivity index (χ4v) is 2.21. The van der Waals surface area contributed by atoms with Crippen LogP contribution in [0, 0.1) is 0 Å². The molecule has 1 saturated heterocycles. The van der Waals surface area contributed by atoms with E-state index >= 15 is 0 Å². The van der Waals surface area contributed by atoms with Gasteiger partial charge in [0, 0.05) is 18.0 Å². The number of carbonyl (C=O) groups is 1. The van der Waals surface area contributed by atoms with E-state index in [0.29, 0.717) is 18.6 Å². The summed E-state index contributed by atoms with van der Waals surface area (Å²) < 4.78 is 10.5. The van der Waals surface area contributed by atoms with Crippen LogP contribution in [-0.4, -0.2) is 26.2 Å². The molecule has 18 heavy (non-hydrogen) atoms. The zero-order chi connectivity index (χ0) is 13.1. The van der Waals surface area contributed by atoms with Gasteiger partial charge < -0.3 is 20.5 Å². The molecule has 2 atom stereocenters. The van der Waals surface area contributed by atoms with E-state index in [-0.39, 0.29) is 18.0 Å². The Bertz CT molecular complexity index is 448. The molecule has 0 saturated carbocycles. The number of amides is 1. The predicted octanol–water partition coefficient (Wildman–Crippen LogP) is 0.982. The van der Waals surface area contributed by atoms with Crippen molar-refractivity contribution in [3.63, 3.8) is 0 Å². The second kappa shape index (κ2) is 5.27. The van der Waals surface area contributed by atoms with E-state index in [1.165, 1.54) is 0 Å². The Labute approximate surface area is 106 Å². The number of nitrogens with one attached hydrogen (secondary N) is 1. The normalized spacial score (nSPS) is 23.4. The molecule has 1 aromatic rings. The van der Waals surface area contributed by atoms with E-state index < -0.39 is 0 Å². The second-order valence-corrected chi connectivity index (χ2v) is 4.36. The molecule has 1 heterocycles. The van der Waals surface area contributed by atoms with Crippen LogP contribution in [0.4, 0.5) is 0 Å². The van der Waals surface area contributed by atoms with Crippen LogP contribution in [0.1, 0.15) is 24.4 Å². The van der Waals surface area contributed by atoms with Gasteiger partial charge in [0.1, 0.15) is 11.5 Å². The van der Waals surface area contributed by atoms with E-state index in [1.807, 2.05) is 18.2 Å². The lowest BCUT2D eigenvalue weighted by atomic mass is 9.92. The first-order valence-electron chi connectivity index (χ1n) is 5.92. The minimum Gasteiger partial charge on any atom is -0.497 e. The van der Waals surface area contributed by atoms with Crippen molar-refractivity contribution in [2.24, 2.45) is 5.73 Å². The molecular formula is C13H18N2O3. The minimum absolute atomic E-state index is 0.0200. The van der Waals surface area contributed by atoms with Gasteiger partial charge in [-0.1, -0.05) is 0 Å². The van der Waals surface area contributed by atoms with Crippen molar-refractivity contribution in [2.45, 2.75) is 24.9 Å². The number of carbonyl (C=O) groups excluding carboxylic acids is 1. The van der Waals surface area contributed by atoms with Crippen LogP contribution in [0.3, 0.4) is 0 Å². The topological polar surface area (TPSA) is 73.6 Å². The smallest absolute Gasteiger partial charge is 0.220 e. The summed E-state index contributed by atoms with van der Waals surface area (Å²) in [7, 11) is 3.20. The number of hydrogen-bond donors (Lipinski definition) is 2.